The number of hydrogen-bond donors (Lipinski definition) is 1. The molecule has 1 fully saturated rings. The van der Waals surface area contributed by atoms with Crippen LogP contribution in [0.25, 0.3) is 11.0 Å². The SMILES string of the molecule is C[C@H]1CC[C@H](NC(=O)c2cnc3cc(F)ccc3n2)CC1. The zero-order valence-corrected chi connectivity index (χ0v) is 12.0. The van der Waals surface area contributed by atoms with Crippen LogP contribution in [-0.4, -0.2) is 21.9 Å². The fourth-order valence-electron chi connectivity index (χ4n) is 2.76. The van der Waals surface area contributed by atoms with E-state index in [1.165, 1.54) is 24.4 Å². The van der Waals surface area contributed by atoms with Gasteiger partial charge in [-0.15, -0.1) is 0 Å². The molecule has 1 saturated carbocycles. The molecule has 1 aliphatic rings. The molecular formula is C16H18FN3O. The maximum atomic E-state index is 13.1. The van der Waals surface area contributed by atoms with Crippen molar-refractivity contribution in [1.29, 1.82) is 0 Å². The van der Waals surface area contributed by atoms with Crippen LogP contribution in [0.3, 0.4) is 0 Å². The van der Waals surface area contributed by atoms with Gasteiger partial charge >= 0.3 is 0 Å². The Balaban J connectivity index is 1.74. The lowest BCUT2D eigenvalue weighted by Gasteiger charge is -2.26. The number of nitrogens with one attached hydrogen (secondary N) is 1. The van der Waals surface area contributed by atoms with Crippen LogP contribution in [-0.2, 0) is 0 Å². The zero-order valence-electron chi connectivity index (χ0n) is 12.0. The van der Waals surface area contributed by atoms with Gasteiger partial charge in [-0.2, -0.15) is 0 Å². The van der Waals surface area contributed by atoms with Gasteiger partial charge in [0.1, 0.15) is 11.5 Å². The normalized spacial score (nSPS) is 22.2. The third kappa shape index (κ3) is 3.17. The Hall–Kier alpha value is -2.04. The first kappa shape index (κ1) is 13.9. The van der Waals surface area contributed by atoms with Crippen molar-refractivity contribution in [3.05, 3.63) is 35.9 Å². The first-order chi connectivity index (χ1) is 10.1. The van der Waals surface area contributed by atoms with Crippen molar-refractivity contribution in [1.82, 2.24) is 15.3 Å². The monoisotopic (exact) mass is 287 g/mol. The van der Waals surface area contributed by atoms with E-state index in [0.717, 1.165) is 31.6 Å². The van der Waals surface area contributed by atoms with Crippen LogP contribution in [0.2, 0.25) is 0 Å². The van der Waals surface area contributed by atoms with Crippen LogP contribution in [0, 0.1) is 11.7 Å². The maximum absolute atomic E-state index is 13.1. The van der Waals surface area contributed by atoms with Crippen LogP contribution in [0.5, 0.6) is 0 Å². The van der Waals surface area contributed by atoms with Crippen molar-refractivity contribution >= 4 is 16.9 Å². The van der Waals surface area contributed by atoms with Crippen LogP contribution < -0.4 is 5.32 Å². The smallest absolute Gasteiger partial charge is 0.271 e. The Kier molecular flexibility index (Phi) is 3.82. The summed E-state index contributed by atoms with van der Waals surface area (Å²) in [5, 5.41) is 3.02. The highest BCUT2D eigenvalue weighted by atomic mass is 19.1. The predicted octanol–water partition coefficient (Wildman–Crippen LogP) is 3.08. The van der Waals surface area contributed by atoms with Gasteiger partial charge in [0, 0.05) is 12.1 Å². The van der Waals surface area contributed by atoms with Crippen molar-refractivity contribution in [3.8, 4) is 0 Å². The predicted molar refractivity (Wildman–Crippen MR) is 78.4 cm³/mol. The minimum Gasteiger partial charge on any atom is -0.348 e. The van der Waals surface area contributed by atoms with Gasteiger partial charge in [0.05, 0.1) is 17.2 Å². The largest absolute Gasteiger partial charge is 0.348 e. The second-order valence-corrected chi connectivity index (χ2v) is 5.82. The molecule has 0 spiro atoms. The summed E-state index contributed by atoms with van der Waals surface area (Å²) >= 11 is 0. The maximum Gasteiger partial charge on any atom is 0.271 e. The van der Waals surface area contributed by atoms with E-state index in [1.54, 1.807) is 0 Å². The molecule has 1 aliphatic carbocycles. The van der Waals surface area contributed by atoms with E-state index in [1.807, 2.05) is 0 Å². The molecule has 1 N–H and O–H groups in total. The molecule has 0 atom stereocenters. The van der Waals surface area contributed by atoms with Gasteiger partial charge in [-0.1, -0.05) is 6.92 Å². The highest BCUT2D eigenvalue weighted by Gasteiger charge is 2.21. The van der Waals surface area contributed by atoms with E-state index in [-0.39, 0.29) is 23.5 Å². The van der Waals surface area contributed by atoms with Crippen LogP contribution in [0.15, 0.2) is 24.4 Å². The van der Waals surface area contributed by atoms with Crippen LogP contribution in [0.4, 0.5) is 4.39 Å². The quantitative estimate of drug-likeness (QED) is 0.923. The second kappa shape index (κ2) is 5.76. The lowest BCUT2D eigenvalue weighted by Crippen LogP contribution is -2.37. The number of amides is 1. The van der Waals surface area contributed by atoms with Crippen molar-refractivity contribution in [2.75, 3.05) is 0 Å². The lowest BCUT2D eigenvalue weighted by atomic mass is 9.87. The third-order valence-corrected chi connectivity index (χ3v) is 4.09. The van der Waals surface area contributed by atoms with Gasteiger partial charge in [-0.3, -0.25) is 9.78 Å². The molecule has 3 rings (SSSR count). The second-order valence-electron chi connectivity index (χ2n) is 5.82. The number of carbonyl (C=O) groups is 1. The lowest BCUT2D eigenvalue weighted by molar-refractivity contribution is 0.0918. The highest BCUT2D eigenvalue weighted by Crippen LogP contribution is 2.23. The summed E-state index contributed by atoms with van der Waals surface area (Å²) in [5.41, 5.74) is 1.27. The summed E-state index contributed by atoms with van der Waals surface area (Å²) in [5.74, 6) is 0.187. The minimum absolute atomic E-state index is 0.201. The Morgan fingerprint density at radius 3 is 2.76 bits per heavy atom. The summed E-state index contributed by atoms with van der Waals surface area (Å²) in [4.78, 5) is 20.6. The number of aromatic nitrogens is 2. The molecule has 1 aromatic carbocycles. The molecule has 21 heavy (non-hydrogen) atoms. The molecule has 2 aromatic rings. The topological polar surface area (TPSA) is 54.9 Å². The number of rotatable bonds is 2. The molecule has 0 unspecified atom stereocenters. The Bertz CT molecular complexity index is 666. The summed E-state index contributed by atoms with van der Waals surface area (Å²) in [6.45, 7) is 2.24. The van der Waals surface area contributed by atoms with Crippen molar-refractivity contribution < 1.29 is 9.18 Å². The fourth-order valence-corrected chi connectivity index (χ4v) is 2.76. The van der Waals surface area contributed by atoms with Gasteiger partial charge in [-0.05, 0) is 43.7 Å². The Labute approximate surface area is 122 Å². The number of nitrogens with zero attached hydrogens (tertiary/aromatic N) is 2. The number of carbonyl (C=O) groups excluding carboxylic acids is 1. The van der Waals surface area contributed by atoms with Crippen LogP contribution in [0.1, 0.15) is 43.1 Å². The van der Waals surface area contributed by atoms with Crippen molar-refractivity contribution in [2.24, 2.45) is 5.92 Å². The van der Waals surface area contributed by atoms with E-state index in [0.29, 0.717) is 11.0 Å². The van der Waals surface area contributed by atoms with E-state index < -0.39 is 0 Å². The van der Waals surface area contributed by atoms with E-state index in [9.17, 15) is 9.18 Å². The number of fused-ring (bicyclic) bond motifs is 1. The van der Waals surface area contributed by atoms with Gasteiger partial charge in [0.15, 0.2) is 0 Å². The summed E-state index contributed by atoms with van der Waals surface area (Å²) in [6.07, 6.45) is 5.72. The van der Waals surface area contributed by atoms with E-state index in [2.05, 4.69) is 22.2 Å². The fraction of sp³-hybridized carbons (Fsp3) is 0.438. The van der Waals surface area contributed by atoms with Crippen LogP contribution >= 0.6 is 0 Å². The molecule has 110 valence electrons. The number of halogens is 1. The average Bonchev–Trinajstić information content (AvgIpc) is 2.49. The number of hydrogen-bond acceptors (Lipinski definition) is 3. The Morgan fingerprint density at radius 1 is 1.24 bits per heavy atom. The van der Waals surface area contributed by atoms with Gasteiger partial charge in [0.2, 0.25) is 0 Å². The molecule has 1 heterocycles. The van der Waals surface area contributed by atoms with E-state index >= 15 is 0 Å². The molecule has 0 saturated heterocycles. The standard InChI is InChI=1S/C16H18FN3O/c1-10-2-5-12(6-3-10)19-16(21)15-9-18-14-8-11(17)4-7-13(14)20-15/h4,7-10,12H,2-3,5-6H2,1H3,(H,19,21)/t10-,12-. The summed E-state index contributed by atoms with van der Waals surface area (Å²) in [6, 6.07) is 4.39. The van der Waals surface area contributed by atoms with E-state index in [4.69, 9.17) is 0 Å². The number of benzene rings is 1. The Morgan fingerprint density at radius 2 is 2.00 bits per heavy atom. The average molecular weight is 287 g/mol. The van der Waals surface area contributed by atoms with Crippen molar-refractivity contribution in [2.45, 2.75) is 38.6 Å². The molecule has 0 radical (unpaired) electrons. The van der Waals surface area contributed by atoms with Gasteiger partial charge in [-0.25, -0.2) is 9.37 Å². The molecule has 0 aliphatic heterocycles. The zero-order chi connectivity index (χ0) is 14.8. The third-order valence-electron chi connectivity index (χ3n) is 4.09. The van der Waals surface area contributed by atoms with Crippen molar-refractivity contribution in [3.63, 3.8) is 0 Å². The molecule has 5 heteroatoms. The first-order valence-electron chi connectivity index (χ1n) is 7.35. The van der Waals surface area contributed by atoms with Gasteiger partial charge in [0.25, 0.3) is 5.91 Å². The minimum atomic E-state index is -0.356. The molecular weight excluding hydrogens is 269 g/mol. The highest BCUT2D eigenvalue weighted by molar-refractivity contribution is 5.93. The molecule has 1 aromatic heterocycles. The summed E-state index contributed by atoms with van der Waals surface area (Å²) in [7, 11) is 0. The first-order valence-corrected chi connectivity index (χ1v) is 7.35. The van der Waals surface area contributed by atoms with Gasteiger partial charge < -0.3 is 5.32 Å². The molecule has 4 nitrogen and oxygen atoms in total. The summed E-state index contributed by atoms with van der Waals surface area (Å²) < 4.78 is 13.1. The molecule has 1 amide bonds. The molecule has 0 bridgehead atoms.